The minimum atomic E-state index is -3.27. The van der Waals surface area contributed by atoms with E-state index in [0.717, 1.165) is 5.39 Å². The van der Waals surface area contributed by atoms with Crippen LogP contribution in [-0.2, 0) is 10.0 Å². The van der Waals surface area contributed by atoms with Crippen molar-refractivity contribution in [1.82, 2.24) is 4.72 Å². The number of hydrogen-bond donors (Lipinski definition) is 3. The van der Waals surface area contributed by atoms with Gasteiger partial charge < -0.3 is 10.4 Å². The lowest BCUT2D eigenvalue weighted by Gasteiger charge is -2.11. The molecule has 6 nitrogen and oxygen atoms in total. The first-order chi connectivity index (χ1) is 9.94. The second-order valence-corrected chi connectivity index (χ2v) is 6.51. The van der Waals surface area contributed by atoms with E-state index in [1.807, 2.05) is 6.07 Å². The van der Waals surface area contributed by atoms with Crippen LogP contribution in [0.25, 0.3) is 10.8 Å². The maximum atomic E-state index is 11.4. The SMILES string of the molecule is CNS(=O)(=O)CCNc1ccc(C(=O)O)c2ccccc12. The standard InChI is InChI=1S/C14H16N2O4S/c1-15-21(19,20)9-8-16-13-7-6-12(14(17)18)10-4-2-3-5-11(10)13/h2-7,15-16H,8-9H2,1H3,(H,17,18). The van der Waals surface area contributed by atoms with E-state index in [1.54, 1.807) is 24.3 Å². The molecule has 0 fully saturated rings. The van der Waals surface area contributed by atoms with Crippen molar-refractivity contribution in [2.24, 2.45) is 0 Å². The van der Waals surface area contributed by atoms with Crippen LogP contribution in [0.2, 0.25) is 0 Å². The number of hydrogen-bond acceptors (Lipinski definition) is 4. The second-order valence-electron chi connectivity index (χ2n) is 4.46. The molecule has 2 aromatic rings. The second kappa shape index (κ2) is 6.11. The monoisotopic (exact) mass is 308 g/mol. The van der Waals surface area contributed by atoms with Crippen LogP contribution < -0.4 is 10.0 Å². The van der Waals surface area contributed by atoms with Gasteiger partial charge in [0.15, 0.2) is 0 Å². The minimum absolute atomic E-state index is 0.0570. The van der Waals surface area contributed by atoms with Gasteiger partial charge in [0.2, 0.25) is 10.0 Å². The lowest BCUT2D eigenvalue weighted by Crippen LogP contribution is -2.26. The topological polar surface area (TPSA) is 95.5 Å². The van der Waals surface area contributed by atoms with Gasteiger partial charge in [0.05, 0.1) is 11.3 Å². The van der Waals surface area contributed by atoms with Crippen molar-refractivity contribution in [3.05, 3.63) is 42.0 Å². The molecular formula is C14H16N2O4S. The molecule has 3 N–H and O–H groups in total. The summed E-state index contributed by atoms with van der Waals surface area (Å²) in [6, 6.07) is 10.3. The summed E-state index contributed by atoms with van der Waals surface area (Å²) in [4.78, 5) is 11.2. The van der Waals surface area contributed by atoms with Crippen LogP contribution in [0.4, 0.5) is 5.69 Å². The molecule has 0 spiro atoms. The molecule has 0 atom stereocenters. The van der Waals surface area contributed by atoms with Crippen LogP contribution in [0.1, 0.15) is 10.4 Å². The van der Waals surface area contributed by atoms with Crippen molar-refractivity contribution >= 4 is 32.5 Å². The number of carboxylic acids is 1. The first kappa shape index (κ1) is 15.3. The van der Waals surface area contributed by atoms with Crippen LogP contribution in [0.15, 0.2) is 36.4 Å². The number of sulfonamides is 1. The van der Waals surface area contributed by atoms with Gasteiger partial charge in [0, 0.05) is 17.6 Å². The molecule has 0 aromatic heterocycles. The fourth-order valence-corrected chi connectivity index (χ4v) is 2.64. The summed E-state index contributed by atoms with van der Waals surface area (Å²) < 4.78 is 25.0. The highest BCUT2D eigenvalue weighted by Crippen LogP contribution is 2.26. The Morgan fingerprint density at radius 2 is 1.81 bits per heavy atom. The zero-order chi connectivity index (χ0) is 15.5. The van der Waals surface area contributed by atoms with E-state index in [9.17, 15) is 18.3 Å². The van der Waals surface area contributed by atoms with E-state index >= 15 is 0 Å². The van der Waals surface area contributed by atoms with E-state index in [1.165, 1.54) is 13.1 Å². The Balaban J connectivity index is 2.30. The predicted octanol–water partition coefficient (Wildman–Crippen LogP) is 1.50. The van der Waals surface area contributed by atoms with Crippen LogP contribution in [-0.4, -0.2) is 38.8 Å². The Labute approximate surface area is 122 Å². The molecule has 0 unspecified atom stereocenters. The van der Waals surface area contributed by atoms with E-state index < -0.39 is 16.0 Å². The quantitative estimate of drug-likeness (QED) is 0.751. The number of anilines is 1. The molecule has 0 heterocycles. The van der Waals surface area contributed by atoms with E-state index in [2.05, 4.69) is 10.0 Å². The number of benzene rings is 2. The average molecular weight is 308 g/mol. The number of carbonyl (C=O) groups is 1. The van der Waals surface area contributed by atoms with Crippen molar-refractivity contribution < 1.29 is 18.3 Å². The third kappa shape index (κ3) is 3.50. The van der Waals surface area contributed by atoms with Crippen molar-refractivity contribution in [3.63, 3.8) is 0 Å². The summed E-state index contributed by atoms with van der Waals surface area (Å²) >= 11 is 0. The molecule has 7 heteroatoms. The Morgan fingerprint density at radius 1 is 1.14 bits per heavy atom. The fraction of sp³-hybridized carbons (Fsp3) is 0.214. The smallest absolute Gasteiger partial charge is 0.336 e. The van der Waals surface area contributed by atoms with Crippen molar-refractivity contribution in [3.8, 4) is 0 Å². The highest BCUT2D eigenvalue weighted by molar-refractivity contribution is 7.89. The Hall–Kier alpha value is -2.12. The average Bonchev–Trinajstić information content (AvgIpc) is 2.47. The molecule has 2 rings (SSSR count). The van der Waals surface area contributed by atoms with Gasteiger partial charge in [-0.2, -0.15) is 0 Å². The lowest BCUT2D eigenvalue weighted by atomic mass is 10.0. The number of nitrogens with one attached hydrogen (secondary N) is 2. The van der Waals surface area contributed by atoms with Gasteiger partial charge in [-0.3, -0.25) is 0 Å². The molecular weight excluding hydrogens is 292 g/mol. The molecule has 21 heavy (non-hydrogen) atoms. The summed E-state index contributed by atoms with van der Waals surface area (Å²) in [5.74, 6) is -1.05. The van der Waals surface area contributed by atoms with Gasteiger partial charge in [0.1, 0.15) is 0 Å². The zero-order valence-electron chi connectivity index (χ0n) is 11.5. The first-order valence-electron chi connectivity index (χ1n) is 6.35. The first-order valence-corrected chi connectivity index (χ1v) is 8.00. The Kier molecular flexibility index (Phi) is 4.44. The molecule has 0 aliphatic heterocycles. The van der Waals surface area contributed by atoms with Crippen molar-refractivity contribution in [2.75, 3.05) is 24.7 Å². The molecule has 0 amide bonds. The molecule has 112 valence electrons. The molecule has 0 aliphatic rings. The normalized spacial score (nSPS) is 11.5. The molecule has 2 aromatic carbocycles. The molecule has 0 bridgehead atoms. The van der Waals surface area contributed by atoms with Crippen LogP contribution in [0.5, 0.6) is 0 Å². The highest BCUT2D eigenvalue weighted by atomic mass is 32.2. The van der Waals surface area contributed by atoms with Gasteiger partial charge >= 0.3 is 5.97 Å². The van der Waals surface area contributed by atoms with E-state index in [0.29, 0.717) is 11.1 Å². The van der Waals surface area contributed by atoms with Gasteiger partial charge in [-0.05, 0) is 24.6 Å². The highest BCUT2D eigenvalue weighted by Gasteiger charge is 2.11. The summed E-state index contributed by atoms with van der Waals surface area (Å²) in [7, 11) is -1.90. The van der Waals surface area contributed by atoms with Crippen LogP contribution in [0, 0.1) is 0 Å². The molecule has 0 aliphatic carbocycles. The Bertz CT molecular complexity index is 772. The molecule has 0 radical (unpaired) electrons. The molecule has 0 saturated carbocycles. The zero-order valence-corrected chi connectivity index (χ0v) is 12.3. The van der Waals surface area contributed by atoms with E-state index in [4.69, 9.17) is 0 Å². The third-order valence-corrected chi connectivity index (χ3v) is 4.52. The Morgan fingerprint density at radius 3 is 2.43 bits per heavy atom. The third-order valence-electron chi connectivity index (χ3n) is 3.15. The van der Waals surface area contributed by atoms with Crippen molar-refractivity contribution in [2.45, 2.75) is 0 Å². The number of fused-ring (bicyclic) bond motifs is 1. The van der Waals surface area contributed by atoms with Gasteiger partial charge in [-0.15, -0.1) is 0 Å². The number of aromatic carboxylic acids is 1. The maximum absolute atomic E-state index is 11.4. The fourth-order valence-electron chi connectivity index (χ4n) is 2.06. The summed E-state index contributed by atoms with van der Waals surface area (Å²) in [5.41, 5.74) is 0.931. The number of rotatable bonds is 6. The van der Waals surface area contributed by atoms with Gasteiger partial charge in [0.25, 0.3) is 0 Å². The molecule has 0 saturated heterocycles. The largest absolute Gasteiger partial charge is 0.478 e. The lowest BCUT2D eigenvalue weighted by molar-refractivity contribution is 0.0699. The maximum Gasteiger partial charge on any atom is 0.336 e. The predicted molar refractivity (Wildman–Crippen MR) is 82.2 cm³/mol. The van der Waals surface area contributed by atoms with E-state index in [-0.39, 0.29) is 17.9 Å². The van der Waals surface area contributed by atoms with Crippen molar-refractivity contribution in [1.29, 1.82) is 0 Å². The van der Waals surface area contributed by atoms with Crippen LogP contribution >= 0.6 is 0 Å². The van der Waals surface area contributed by atoms with Crippen LogP contribution in [0.3, 0.4) is 0 Å². The van der Waals surface area contributed by atoms with Gasteiger partial charge in [-0.25, -0.2) is 17.9 Å². The summed E-state index contributed by atoms with van der Waals surface area (Å²) in [6.07, 6.45) is 0. The number of carboxylic acid groups (broad SMARTS) is 1. The minimum Gasteiger partial charge on any atom is -0.478 e. The summed E-state index contributed by atoms with van der Waals surface area (Å²) in [5, 5.41) is 13.6. The van der Waals surface area contributed by atoms with Gasteiger partial charge in [-0.1, -0.05) is 24.3 Å². The summed E-state index contributed by atoms with van der Waals surface area (Å²) in [6.45, 7) is 0.236.